The van der Waals surface area contributed by atoms with Gasteiger partial charge < -0.3 is 0 Å². The Labute approximate surface area is 91.4 Å². The first-order chi connectivity index (χ1) is 6.69. The quantitative estimate of drug-likeness (QED) is 0.705. The summed E-state index contributed by atoms with van der Waals surface area (Å²) in [6.07, 6.45) is 5.52. The molecule has 0 bridgehead atoms. The zero-order valence-corrected chi connectivity index (χ0v) is 10.2. The van der Waals surface area contributed by atoms with Crippen molar-refractivity contribution in [1.29, 1.82) is 0 Å². The van der Waals surface area contributed by atoms with Crippen molar-refractivity contribution in [2.75, 3.05) is 6.26 Å². The van der Waals surface area contributed by atoms with Gasteiger partial charge in [-0.2, -0.15) is 0 Å². The molecule has 1 aromatic rings. The van der Waals surface area contributed by atoms with Crippen LogP contribution in [0.2, 0.25) is 0 Å². The van der Waals surface area contributed by atoms with Gasteiger partial charge in [0.15, 0.2) is 0 Å². The van der Waals surface area contributed by atoms with Gasteiger partial charge in [0.25, 0.3) is 0 Å². The highest BCUT2D eigenvalue weighted by molar-refractivity contribution is 8.07. The van der Waals surface area contributed by atoms with Gasteiger partial charge in [-0.25, -0.2) is 0 Å². The first-order valence-electron chi connectivity index (χ1n) is 5.00. The summed E-state index contributed by atoms with van der Waals surface area (Å²) in [5.41, 5.74) is 4.09. The van der Waals surface area contributed by atoms with Crippen LogP contribution in [-0.4, -0.2) is 6.26 Å². The first kappa shape index (κ1) is 11.4. The zero-order valence-electron chi connectivity index (χ0n) is 9.42. The topological polar surface area (TPSA) is 0 Å². The Morgan fingerprint density at radius 2 is 2.00 bits per heavy atom. The van der Waals surface area contributed by atoms with E-state index in [0.29, 0.717) is 0 Å². The van der Waals surface area contributed by atoms with Crippen molar-refractivity contribution in [2.45, 2.75) is 27.2 Å². The molecule has 0 heterocycles. The molecule has 0 aliphatic carbocycles. The van der Waals surface area contributed by atoms with Gasteiger partial charge in [0.1, 0.15) is 0 Å². The third-order valence-corrected chi connectivity index (χ3v) is 3.24. The minimum atomic E-state index is 1.10. The molecule has 0 N–H and O–H groups in total. The average molecular weight is 206 g/mol. The molecule has 0 radical (unpaired) electrons. The molecule has 0 unspecified atom stereocenters. The van der Waals surface area contributed by atoms with E-state index in [4.69, 9.17) is 0 Å². The second-order valence-electron chi connectivity index (χ2n) is 3.48. The van der Waals surface area contributed by atoms with E-state index >= 15 is 0 Å². The van der Waals surface area contributed by atoms with E-state index in [2.05, 4.69) is 51.3 Å². The highest BCUT2D eigenvalue weighted by atomic mass is 32.2. The molecule has 0 aliphatic heterocycles. The molecule has 76 valence electrons. The van der Waals surface area contributed by atoms with Crippen LogP contribution in [0.5, 0.6) is 0 Å². The van der Waals surface area contributed by atoms with Gasteiger partial charge in [-0.05, 0) is 43.2 Å². The van der Waals surface area contributed by atoms with E-state index in [9.17, 15) is 0 Å². The fourth-order valence-corrected chi connectivity index (χ4v) is 2.10. The molecule has 0 saturated carbocycles. The highest BCUT2D eigenvalue weighted by Crippen LogP contribution is 2.26. The summed E-state index contributed by atoms with van der Waals surface area (Å²) in [5.74, 6) is 0. The molecule has 0 aliphatic rings. The van der Waals surface area contributed by atoms with E-state index in [0.717, 1.165) is 6.42 Å². The van der Waals surface area contributed by atoms with Crippen LogP contribution in [0.15, 0.2) is 24.3 Å². The zero-order chi connectivity index (χ0) is 10.6. The second kappa shape index (κ2) is 5.26. The van der Waals surface area contributed by atoms with Crippen molar-refractivity contribution in [2.24, 2.45) is 0 Å². The van der Waals surface area contributed by atoms with Crippen LogP contribution in [0.4, 0.5) is 0 Å². The van der Waals surface area contributed by atoms with Gasteiger partial charge in [0.05, 0.1) is 0 Å². The summed E-state index contributed by atoms with van der Waals surface area (Å²) in [5, 5.41) is 0. The smallest absolute Gasteiger partial charge is 0.0102 e. The Hall–Kier alpha value is -0.690. The number of hydrogen-bond donors (Lipinski definition) is 0. The molecule has 0 aromatic heterocycles. The molecule has 0 fully saturated rings. The number of hydrogen-bond acceptors (Lipinski definition) is 1. The minimum absolute atomic E-state index is 1.10. The van der Waals surface area contributed by atoms with E-state index < -0.39 is 0 Å². The largest absolute Gasteiger partial charge is 0.129 e. The Kier molecular flexibility index (Phi) is 4.27. The van der Waals surface area contributed by atoms with Gasteiger partial charge in [0, 0.05) is 4.91 Å². The maximum atomic E-state index is 2.29. The van der Waals surface area contributed by atoms with Crippen molar-refractivity contribution >= 4 is 16.7 Å². The lowest BCUT2D eigenvalue weighted by Crippen LogP contribution is -1.85. The predicted octanol–water partition coefficient (Wildman–Crippen LogP) is 4.42. The number of rotatable bonds is 3. The van der Waals surface area contributed by atoms with E-state index in [1.54, 1.807) is 0 Å². The van der Waals surface area contributed by atoms with Gasteiger partial charge in [-0.15, -0.1) is 11.8 Å². The summed E-state index contributed by atoms with van der Waals surface area (Å²) in [4.78, 5) is 1.38. The van der Waals surface area contributed by atoms with E-state index in [-0.39, 0.29) is 0 Å². The SMILES string of the molecule is CC/C=C(\SC)c1ccc(C)c(C)c1. The average Bonchev–Trinajstić information content (AvgIpc) is 2.19. The van der Waals surface area contributed by atoms with Gasteiger partial charge >= 0.3 is 0 Å². The molecule has 1 rings (SSSR count). The lowest BCUT2D eigenvalue weighted by atomic mass is 10.1. The fourth-order valence-electron chi connectivity index (χ4n) is 1.40. The first-order valence-corrected chi connectivity index (χ1v) is 6.23. The second-order valence-corrected chi connectivity index (χ2v) is 4.33. The summed E-state index contributed by atoms with van der Waals surface area (Å²) >= 11 is 1.82. The molecule has 1 aromatic carbocycles. The number of allylic oxidation sites excluding steroid dienone is 1. The maximum absolute atomic E-state index is 2.29. The monoisotopic (exact) mass is 206 g/mol. The highest BCUT2D eigenvalue weighted by Gasteiger charge is 2.00. The Morgan fingerprint density at radius 3 is 2.50 bits per heavy atom. The Balaban J connectivity index is 3.06. The van der Waals surface area contributed by atoms with Crippen molar-refractivity contribution < 1.29 is 0 Å². The maximum Gasteiger partial charge on any atom is 0.0102 e. The van der Waals surface area contributed by atoms with Crippen LogP contribution in [-0.2, 0) is 0 Å². The molecular formula is C13H18S. The normalized spacial score (nSPS) is 11.9. The molecule has 14 heavy (non-hydrogen) atoms. The molecule has 0 nitrogen and oxygen atoms in total. The molecule has 0 spiro atoms. The van der Waals surface area contributed by atoms with Crippen LogP contribution in [0.1, 0.15) is 30.0 Å². The van der Waals surface area contributed by atoms with E-state index in [1.165, 1.54) is 21.6 Å². The van der Waals surface area contributed by atoms with Crippen LogP contribution < -0.4 is 0 Å². The summed E-state index contributed by atoms with van der Waals surface area (Å²) in [7, 11) is 0. The lowest BCUT2D eigenvalue weighted by molar-refractivity contribution is 1.23. The fraction of sp³-hybridized carbons (Fsp3) is 0.385. The number of benzene rings is 1. The van der Waals surface area contributed by atoms with Crippen LogP contribution in [0.25, 0.3) is 4.91 Å². The molecule has 0 amide bonds. The Bertz CT molecular complexity index is 337. The molecular weight excluding hydrogens is 188 g/mol. The van der Waals surface area contributed by atoms with Gasteiger partial charge in [-0.1, -0.05) is 31.2 Å². The third kappa shape index (κ3) is 2.65. The summed E-state index contributed by atoms with van der Waals surface area (Å²) in [6, 6.07) is 6.68. The van der Waals surface area contributed by atoms with Crippen LogP contribution in [0, 0.1) is 13.8 Å². The molecule has 0 atom stereocenters. The Morgan fingerprint density at radius 1 is 1.29 bits per heavy atom. The molecule has 0 saturated heterocycles. The number of thioether (sulfide) groups is 1. The summed E-state index contributed by atoms with van der Waals surface area (Å²) in [6.45, 7) is 6.50. The van der Waals surface area contributed by atoms with Crippen LogP contribution in [0.3, 0.4) is 0 Å². The van der Waals surface area contributed by atoms with E-state index in [1.807, 2.05) is 11.8 Å². The van der Waals surface area contributed by atoms with Crippen molar-refractivity contribution in [3.8, 4) is 0 Å². The van der Waals surface area contributed by atoms with Crippen LogP contribution >= 0.6 is 11.8 Å². The summed E-state index contributed by atoms with van der Waals surface area (Å²) < 4.78 is 0. The minimum Gasteiger partial charge on any atom is -0.129 e. The standard InChI is InChI=1S/C13H18S/c1-5-6-13(14-4)12-8-7-10(2)11(3)9-12/h6-9H,5H2,1-4H3/b13-6-. The lowest BCUT2D eigenvalue weighted by Gasteiger charge is -2.07. The van der Waals surface area contributed by atoms with Gasteiger partial charge in [0.2, 0.25) is 0 Å². The predicted molar refractivity (Wildman–Crippen MR) is 67.7 cm³/mol. The number of aryl methyl sites for hydroxylation is 2. The molecule has 1 heteroatoms. The van der Waals surface area contributed by atoms with Crippen molar-refractivity contribution in [3.05, 3.63) is 41.0 Å². The van der Waals surface area contributed by atoms with Crippen molar-refractivity contribution in [1.82, 2.24) is 0 Å². The van der Waals surface area contributed by atoms with Crippen molar-refractivity contribution in [3.63, 3.8) is 0 Å². The van der Waals surface area contributed by atoms with Gasteiger partial charge in [-0.3, -0.25) is 0 Å². The third-order valence-electron chi connectivity index (χ3n) is 2.40.